The van der Waals surface area contributed by atoms with Crippen molar-refractivity contribution in [1.29, 1.82) is 0 Å². The Hall–Kier alpha value is -1.92. The van der Waals surface area contributed by atoms with Gasteiger partial charge in [0.15, 0.2) is 0 Å². The van der Waals surface area contributed by atoms with Gasteiger partial charge < -0.3 is 10.2 Å². The molecule has 1 amide bonds. The predicted octanol–water partition coefficient (Wildman–Crippen LogP) is 2.53. The van der Waals surface area contributed by atoms with Gasteiger partial charge in [0.1, 0.15) is 5.84 Å². The van der Waals surface area contributed by atoms with Gasteiger partial charge in [-0.05, 0) is 43.2 Å². The molecule has 0 aromatic rings. The number of amides is 1. The Morgan fingerprint density at radius 2 is 2.16 bits per heavy atom. The van der Waals surface area contributed by atoms with E-state index in [9.17, 15) is 4.79 Å². The van der Waals surface area contributed by atoms with Gasteiger partial charge in [-0.15, -0.1) is 0 Å². The van der Waals surface area contributed by atoms with Crippen LogP contribution in [0.3, 0.4) is 0 Å². The minimum Gasteiger partial charge on any atom is -0.327 e. The number of aliphatic imine (C=N–C) groups is 1. The van der Waals surface area contributed by atoms with Gasteiger partial charge in [-0.1, -0.05) is 33.1 Å². The first-order valence-corrected chi connectivity index (χ1v) is 9.28. The fourth-order valence-corrected chi connectivity index (χ4v) is 3.11. The number of carbonyl (C=O) groups is 1. The lowest BCUT2D eigenvalue weighted by Crippen LogP contribution is -2.44. The highest BCUT2D eigenvalue weighted by molar-refractivity contribution is 5.98. The van der Waals surface area contributed by atoms with Crippen LogP contribution < -0.4 is 10.8 Å². The summed E-state index contributed by atoms with van der Waals surface area (Å²) in [7, 11) is 0. The van der Waals surface area contributed by atoms with E-state index in [2.05, 4.69) is 24.1 Å². The van der Waals surface area contributed by atoms with Gasteiger partial charge in [-0.3, -0.25) is 15.0 Å². The second-order valence-corrected chi connectivity index (χ2v) is 6.50. The highest BCUT2D eigenvalue weighted by Gasteiger charge is 2.34. The standard InChI is InChI=1S/C19H30N4O2/c1-3-5-7-16-17(14-20-11-6-4-2)23-12-10-15(13-18(23)21-16)8-9-19(24)22-25/h8-10,12-13,16-17,20,25H,3-7,11,14H2,1-2H3,(H,22,24)/b9-8+. The average Bonchev–Trinajstić information content (AvgIpc) is 2.98. The number of hydrogen-bond acceptors (Lipinski definition) is 5. The molecule has 0 bridgehead atoms. The van der Waals surface area contributed by atoms with Gasteiger partial charge in [0.05, 0.1) is 12.1 Å². The quantitative estimate of drug-likeness (QED) is 0.246. The van der Waals surface area contributed by atoms with Crippen molar-refractivity contribution >= 4 is 11.7 Å². The van der Waals surface area contributed by atoms with Crippen LogP contribution in [0.1, 0.15) is 46.0 Å². The maximum atomic E-state index is 11.1. The molecule has 138 valence electrons. The molecule has 0 saturated carbocycles. The summed E-state index contributed by atoms with van der Waals surface area (Å²) in [5, 5.41) is 12.1. The van der Waals surface area contributed by atoms with Crippen LogP contribution in [-0.2, 0) is 4.79 Å². The number of nitrogens with zero attached hydrogens (tertiary/aromatic N) is 2. The molecule has 0 radical (unpaired) electrons. The average molecular weight is 346 g/mol. The third-order valence-corrected chi connectivity index (χ3v) is 4.54. The summed E-state index contributed by atoms with van der Waals surface area (Å²) in [5.41, 5.74) is 2.49. The monoisotopic (exact) mass is 346 g/mol. The third-order valence-electron chi connectivity index (χ3n) is 4.54. The lowest BCUT2D eigenvalue weighted by molar-refractivity contribution is -0.124. The summed E-state index contributed by atoms with van der Waals surface area (Å²) in [5.74, 6) is 0.416. The molecule has 2 atom stereocenters. The SMILES string of the molecule is CCCCNCC1C(CCCC)N=C2C=C(/C=C/C(=O)NO)C=CN21. The van der Waals surface area contributed by atoms with Gasteiger partial charge in [0.2, 0.25) is 0 Å². The highest BCUT2D eigenvalue weighted by atomic mass is 16.5. The molecule has 25 heavy (non-hydrogen) atoms. The third kappa shape index (κ3) is 5.54. The number of unbranched alkanes of at least 4 members (excludes halogenated alkanes) is 2. The van der Waals surface area contributed by atoms with E-state index >= 15 is 0 Å². The first kappa shape index (κ1) is 19.4. The number of amidine groups is 1. The molecule has 2 aliphatic heterocycles. The van der Waals surface area contributed by atoms with Gasteiger partial charge >= 0.3 is 0 Å². The molecule has 3 N–H and O–H groups in total. The van der Waals surface area contributed by atoms with Crippen molar-refractivity contribution in [3.63, 3.8) is 0 Å². The topological polar surface area (TPSA) is 77.0 Å². The second-order valence-electron chi connectivity index (χ2n) is 6.50. The summed E-state index contributed by atoms with van der Waals surface area (Å²) in [6, 6.07) is 0.645. The van der Waals surface area contributed by atoms with E-state index in [-0.39, 0.29) is 0 Å². The van der Waals surface area contributed by atoms with E-state index in [1.165, 1.54) is 31.8 Å². The zero-order valence-corrected chi connectivity index (χ0v) is 15.2. The van der Waals surface area contributed by atoms with E-state index in [0.29, 0.717) is 12.1 Å². The van der Waals surface area contributed by atoms with E-state index in [1.807, 2.05) is 18.4 Å². The van der Waals surface area contributed by atoms with Crippen molar-refractivity contribution in [2.45, 2.75) is 58.0 Å². The summed E-state index contributed by atoms with van der Waals surface area (Å²) in [4.78, 5) is 18.3. The van der Waals surface area contributed by atoms with Crippen molar-refractivity contribution in [1.82, 2.24) is 15.7 Å². The summed E-state index contributed by atoms with van der Waals surface area (Å²) < 4.78 is 0. The number of hydrogen-bond donors (Lipinski definition) is 3. The molecule has 0 saturated heterocycles. The zero-order valence-electron chi connectivity index (χ0n) is 15.2. The van der Waals surface area contributed by atoms with Crippen LogP contribution in [0.5, 0.6) is 0 Å². The number of nitrogens with one attached hydrogen (secondary N) is 2. The smallest absolute Gasteiger partial charge is 0.267 e. The van der Waals surface area contributed by atoms with Gasteiger partial charge in [0.25, 0.3) is 5.91 Å². The van der Waals surface area contributed by atoms with Crippen LogP contribution in [0.2, 0.25) is 0 Å². The number of hydroxylamine groups is 1. The van der Waals surface area contributed by atoms with Crippen LogP contribution in [0, 0.1) is 0 Å². The molecule has 0 aromatic heterocycles. The highest BCUT2D eigenvalue weighted by Crippen LogP contribution is 2.26. The molecular formula is C19H30N4O2. The van der Waals surface area contributed by atoms with Crippen molar-refractivity contribution in [3.8, 4) is 0 Å². The van der Waals surface area contributed by atoms with Crippen LogP contribution in [0.15, 0.2) is 41.1 Å². The van der Waals surface area contributed by atoms with E-state index < -0.39 is 5.91 Å². The molecule has 6 nitrogen and oxygen atoms in total. The fraction of sp³-hybridized carbons (Fsp3) is 0.579. The number of fused-ring (bicyclic) bond motifs is 1. The van der Waals surface area contributed by atoms with Crippen molar-refractivity contribution in [3.05, 3.63) is 36.1 Å². The van der Waals surface area contributed by atoms with Crippen LogP contribution >= 0.6 is 0 Å². The lowest BCUT2D eigenvalue weighted by atomic mass is 10.0. The maximum Gasteiger partial charge on any atom is 0.267 e. The van der Waals surface area contributed by atoms with Crippen LogP contribution in [-0.4, -0.2) is 47.0 Å². The number of allylic oxidation sites excluding steroid dienone is 3. The van der Waals surface area contributed by atoms with Crippen LogP contribution in [0.25, 0.3) is 0 Å². The maximum absolute atomic E-state index is 11.1. The minimum absolute atomic E-state index is 0.300. The first-order valence-electron chi connectivity index (χ1n) is 9.28. The molecule has 0 fully saturated rings. The second kappa shape index (κ2) is 10.2. The molecule has 0 spiro atoms. The molecule has 2 rings (SSSR count). The van der Waals surface area contributed by atoms with Gasteiger partial charge in [-0.25, -0.2) is 5.48 Å². The Kier molecular flexibility index (Phi) is 7.88. The molecule has 2 unspecified atom stereocenters. The number of rotatable bonds is 10. The van der Waals surface area contributed by atoms with Gasteiger partial charge in [0, 0.05) is 18.8 Å². The molecule has 2 heterocycles. The Morgan fingerprint density at radius 3 is 2.88 bits per heavy atom. The molecular weight excluding hydrogens is 316 g/mol. The molecule has 6 heteroatoms. The predicted molar refractivity (Wildman–Crippen MR) is 100 cm³/mol. The molecule has 0 aliphatic carbocycles. The Balaban J connectivity index is 2.05. The van der Waals surface area contributed by atoms with Crippen molar-refractivity contribution < 1.29 is 10.0 Å². The summed E-state index contributed by atoms with van der Waals surface area (Å²) >= 11 is 0. The Morgan fingerprint density at radius 1 is 1.36 bits per heavy atom. The van der Waals surface area contributed by atoms with E-state index in [0.717, 1.165) is 30.9 Å². The van der Waals surface area contributed by atoms with E-state index in [1.54, 1.807) is 11.6 Å². The molecule has 2 aliphatic rings. The lowest BCUT2D eigenvalue weighted by Gasteiger charge is -2.29. The van der Waals surface area contributed by atoms with E-state index in [4.69, 9.17) is 10.2 Å². The number of carbonyl (C=O) groups excluding carboxylic acids is 1. The first-order chi connectivity index (χ1) is 12.2. The zero-order chi connectivity index (χ0) is 18.1. The molecule has 0 aromatic carbocycles. The summed E-state index contributed by atoms with van der Waals surface area (Å²) in [6.45, 7) is 6.38. The van der Waals surface area contributed by atoms with Gasteiger partial charge in [-0.2, -0.15) is 0 Å². The fourth-order valence-electron chi connectivity index (χ4n) is 3.11. The Labute approximate surface area is 150 Å². The van der Waals surface area contributed by atoms with Crippen LogP contribution in [0.4, 0.5) is 0 Å². The summed E-state index contributed by atoms with van der Waals surface area (Å²) in [6.07, 6.45) is 14.8. The largest absolute Gasteiger partial charge is 0.327 e. The normalized spacial score (nSPS) is 22.1. The minimum atomic E-state index is -0.538. The van der Waals surface area contributed by atoms with Crippen molar-refractivity contribution in [2.24, 2.45) is 4.99 Å². The van der Waals surface area contributed by atoms with Crippen molar-refractivity contribution in [2.75, 3.05) is 13.1 Å². The Bertz CT molecular complexity index is 566.